The molecule has 37 heteroatoms. The van der Waals surface area contributed by atoms with Gasteiger partial charge in [-0.2, -0.15) is 20.4 Å². The van der Waals surface area contributed by atoms with Crippen LogP contribution in [0, 0.1) is 20.8 Å². The molecule has 0 heterocycles. The van der Waals surface area contributed by atoms with Crippen molar-refractivity contribution >= 4 is 260 Å². The molecule has 0 aliphatic heterocycles. The number of phenolic OH excluding ortho intramolecular Hbond substituents is 5. The molecule has 0 saturated heterocycles. The van der Waals surface area contributed by atoms with Crippen molar-refractivity contribution in [3.8, 4) is 28.7 Å². The Labute approximate surface area is 809 Å². The van der Waals surface area contributed by atoms with E-state index in [1.165, 1.54) is 46.1 Å². The highest BCUT2D eigenvalue weighted by Gasteiger charge is 2.24. The first-order valence-electron chi connectivity index (χ1n) is 39.3. The summed E-state index contributed by atoms with van der Waals surface area (Å²) in [5.41, 5.74) is 22.2. The van der Waals surface area contributed by atoms with Gasteiger partial charge in [0.1, 0.15) is 39.8 Å². The molecule has 14 N–H and O–H groups in total. The molecule has 0 fully saturated rings. The summed E-state index contributed by atoms with van der Waals surface area (Å²) < 4.78 is 4.45. The fourth-order valence-corrected chi connectivity index (χ4v) is 17.3. The molecule has 0 bridgehead atoms. The number of amides is 6. The lowest BCUT2D eigenvalue weighted by molar-refractivity contribution is -0.135. The molecule has 672 valence electrons. The maximum absolute atomic E-state index is 12.9. The average molecular weight is 2270 g/mol. The second-order valence-electron chi connectivity index (χ2n) is 28.6. The molecule has 29 nitrogen and oxygen atoms in total. The van der Waals surface area contributed by atoms with Gasteiger partial charge in [-0.05, 0) is 239 Å². The first kappa shape index (κ1) is 101. The summed E-state index contributed by atoms with van der Waals surface area (Å²) in [4.78, 5) is 93.8. The maximum atomic E-state index is 12.9. The van der Waals surface area contributed by atoms with Crippen LogP contribution in [0.1, 0.15) is 52.3 Å². The van der Waals surface area contributed by atoms with E-state index in [0.717, 1.165) is 86.5 Å². The van der Waals surface area contributed by atoms with E-state index < -0.39 is 29.6 Å². The van der Waals surface area contributed by atoms with Crippen molar-refractivity contribution in [1.82, 2.24) is 26.6 Å². The first-order chi connectivity index (χ1) is 61.7. The highest BCUT2D eigenvalue weighted by atomic mass is 79.9. The molecule has 12 rings (SSSR count). The Hall–Kier alpha value is -11.4. The number of carboxylic acids is 1. The smallest absolute Gasteiger partial charge is 0.323 e. The van der Waals surface area contributed by atoms with Crippen molar-refractivity contribution in [2.24, 2.45) is 26.1 Å². The summed E-state index contributed by atoms with van der Waals surface area (Å²) in [5, 5.41) is 102. The molecular formula is C92H88Br8N14O15. The Morgan fingerprint density at radius 2 is 0.612 bits per heavy atom. The van der Waals surface area contributed by atoms with Crippen molar-refractivity contribution in [2.75, 3.05) is 98.3 Å². The van der Waals surface area contributed by atoms with Gasteiger partial charge in [-0.1, -0.05) is 176 Å². The van der Waals surface area contributed by atoms with E-state index in [4.69, 9.17) is 5.73 Å². The molecule has 129 heavy (non-hydrogen) atoms. The van der Waals surface area contributed by atoms with Crippen LogP contribution in [0.3, 0.4) is 0 Å². The third-order valence-corrected chi connectivity index (χ3v) is 26.2. The zero-order chi connectivity index (χ0) is 93.7. The number of anilines is 4. The molecular weight excluding hydrogens is 2180 g/mol. The van der Waals surface area contributed by atoms with Gasteiger partial charge in [0.05, 0.1) is 95.2 Å². The molecule has 0 spiro atoms. The fraction of sp³-hybridized carbons (Fsp3) is 0.185. The minimum atomic E-state index is -1.05. The van der Waals surface area contributed by atoms with E-state index in [1.54, 1.807) is 40.1 Å². The highest BCUT2D eigenvalue weighted by molar-refractivity contribution is 9.12. The van der Waals surface area contributed by atoms with E-state index in [0.29, 0.717) is 51.6 Å². The van der Waals surface area contributed by atoms with Gasteiger partial charge in [0.2, 0.25) is 11.8 Å². The zero-order valence-electron chi connectivity index (χ0n) is 69.5. The average Bonchev–Trinajstić information content (AvgIpc) is 0.835. The lowest BCUT2D eigenvalue weighted by Crippen LogP contribution is -2.45. The van der Waals surface area contributed by atoms with E-state index >= 15 is 0 Å². The number of benzene rings is 12. The number of phenols is 5. The second kappa shape index (κ2) is 49.4. The number of aromatic hydroxyl groups is 5. The number of rotatable bonds is 32. The zero-order valence-corrected chi connectivity index (χ0v) is 82.2. The van der Waals surface area contributed by atoms with Crippen LogP contribution in [0.25, 0.3) is 43.1 Å². The molecule has 6 amide bonds. The molecule has 0 radical (unpaired) electrons. The van der Waals surface area contributed by atoms with E-state index in [2.05, 4.69) is 201 Å². The van der Waals surface area contributed by atoms with Crippen molar-refractivity contribution in [3.63, 3.8) is 0 Å². The van der Waals surface area contributed by atoms with Gasteiger partial charge in [-0.3, -0.25) is 33.6 Å². The molecule has 12 aromatic carbocycles. The second-order valence-corrected chi connectivity index (χ2v) is 35.2. The Morgan fingerprint density at radius 3 is 0.907 bits per heavy atom. The summed E-state index contributed by atoms with van der Waals surface area (Å²) in [6.45, 7) is 7.03. The third kappa shape index (κ3) is 29.1. The van der Waals surface area contributed by atoms with Gasteiger partial charge < -0.3 is 71.1 Å². The predicted octanol–water partition coefficient (Wildman–Crippen LogP) is 16.5. The number of carbonyl (C=O) groups excluding carboxylic acids is 6. The van der Waals surface area contributed by atoms with Gasteiger partial charge in [-0.25, -0.2) is 21.7 Å². The van der Waals surface area contributed by atoms with E-state index in [9.17, 15) is 74.4 Å². The Bertz CT molecular complexity index is 6060. The number of aliphatic carboxylic acids is 1. The number of hydrogen-bond acceptors (Lipinski definition) is 22. The Balaban J connectivity index is 0.000000195. The number of carbonyl (C=O) groups is 7. The van der Waals surface area contributed by atoms with Crippen LogP contribution < -0.4 is 47.0 Å². The largest absolute Gasteiger partial charge is 0.506 e. The summed E-state index contributed by atoms with van der Waals surface area (Å²) in [6.07, 6.45) is 6.24. The van der Waals surface area contributed by atoms with E-state index in [1.807, 2.05) is 159 Å². The van der Waals surface area contributed by atoms with Crippen LogP contribution in [0.4, 0.5) is 22.7 Å². The quantitative estimate of drug-likeness (QED) is 0.0138. The van der Waals surface area contributed by atoms with Crippen LogP contribution in [-0.2, 0) is 33.6 Å². The van der Waals surface area contributed by atoms with Crippen LogP contribution in [0.15, 0.2) is 250 Å². The summed E-state index contributed by atoms with van der Waals surface area (Å²) in [5.74, 6) is -3.97. The lowest BCUT2D eigenvalue weighted by atomic mass is 10.1. The van der Waals surface area contributed by atoms with Crippen LogP contribution in [-0.4, -0.2) is 191 Å². The number of nitrogens with one attached hydrogen (secondary N) is 4. The van der Waals surface area contributed by atoms with Crippen molar-refractivity contribution in [2.45, 2.75) is 34.1 Å². The number of aliphatic hydroxyl groups excluding tert-OH is 2. The van der Waals surface area contributed by atoms with E-state index in [-0.39, 0.29) is 123 Å². The Morgan fingerprint density at radius 1 is 0.341 bits per heavy atom. The normalized spacial score (nSPS) is 11.1. The number of nitrogens with two attached hydrogens (primary N) is 1. The molecule has 0 saturated carbocycles. The van der Waals surface area contributed by atoms with Crippen molar-refractivity contribution < 1.29 is 74.4 Å². The number of hydrogen-bond donors (Lipinski definition) is 13. The highest BCUT2D eigenvalue weighted by Crippen LogP contribution is 2.42. The summed E-state index contributed by atoms with van der Waals surface area (Å²) in [6, 6.07) is 60.8. The molecule has 0 unspecified atom stereocenters. The molecule has 12 aromatic rings. The monoisotopic (exact) mass is 2260 g/mol. The van der Waals surface area contributed by atoms with Crippen molar-refractivity contribution in [3.05, 3.63) is 269 Å². The summed E-state index contributed by atoms with van der Waals surface area (Å²) in [7, 11) is 0. The number of fused-ring (bicyclic) bond motifs is 4. The number of carboxylic acid groups (broad SMARTS) is 1. The van der Waals surface area contributed by atoms with Crippen LogP contribution in [0.2, 0.25) is 0 Å². The number of aliphatic hydroxyl groups is 2. The third-order valence-electron chi connectivity index (χ3n) is 19.4. The lowest BCUT2D eigenvalue weighted by Gasteiger charge is -2.28. The van der Waals surface area contributed by atoms with Crippen LogP contribution in [0.5, 0.6) is 28.7 Å². The predicted molar refractivity (Wildman–Crippen MR) is 535 cm³/mol. The van der Waals surface area contributed by atoms with Gasteiger partial charge in [0.25, 0.3) is 23.6 Å². The minimum Gasteiger partial charge on any atom is -0.506 e. The first-order valence-corrected chi connectivity index (χ1v) is 45.7. The summed E-state index contributed by atoms with van der Waals surface area (Å²) >= 11 is 26.5. The minimum absolute atomic E-state index is 0.00219. The number of nitrogens with zero attached hydrogens (tertiary/aromatic N) is 9. The van der Waals surface area contributed by atoms with Gasteiger partial charge in [0, 0.05) is 78.1 Å². The molecule has 0 aliphatic carbocycles. The van der Waals surface area contributed by atoms with Gasteiger partial charge >= 0.3 is 5.97 Å². The molecule has 0 aliphatic rings. The van der Waals surface area contributed by atoms with Crippen molar-refractivity contribution in [1.29, 1.82) is 0 Å². The standard InChI is InChI=1S/C25H26Br2N4O6.C23H23Br2N3O2.C22H20Br2N4O3.C22H19Br2N3O4/c26-20-12-18(24(36)23(27)25(20)37)13-28-29-21(34)14-31(15-22(35)30(7-9-32)8-10-33)19-6-5-16-3-1-2-4-17(16)11-19;1-3-10-28(19-9-8-16-6-4-5-7-17(16)11-19)14-21(29)27-26-13-18-12-20(24)15(2)22(25)23(18)30;1-13-18(23)9-16(22(31)21(13)24)10-26-27-20(30)12-28(11-19(25)29)17-7-6-14-4-2-3-5-15(14)8-17;1-13-18(23)9-16(22(31)21(13)24)10-25-26-19(28)11-27(12-20(29)30)17-7-6-14-4-2-3-5-15(14)8-17/h1-6,11-13,32-33,36-37H,7-10,14-15H2,(H,29,34);4-9,11-13,30H,3,10,14H2,1-2H3,(H,27,29);2-10,31H,11-12H2,1H3,(H2,25,29)(H,27,30);2-10,31H,11-12H2,1H3,(H,26,28)(H,29,30)/b28-13+;26-13+;26-10+;25-10+. The fourth-order valence-electron chi connectivity index (χ4n) is 12.7. The topological polar surface area (TPSA) is 421 Å². The number of halogens is 8. The molecule has 0 atom stereocenters. The van der Waals surface area contributed by atoms with Gasteiger partial charge in [-0.15, -0.1) is 0 Å². The Kier molecular flexibility index (Phi) is 38.8. The maximum Gasteiger partial charge on any atom is 0.323 e. The number of hydrazone groups is 4. The SMILES string of the molecule is CCCN(CC(=O)N/N=C/c1cc(Br)c(C)c(Br)c1O)c1ccc2ccccc2c1.Cc1c(Br)cc(/C=N/NC(=O)CN(CC(=O)O)c2ccc3ccccc3c2)c(O)c1Br.Cc1c(Br)cc(/C=N/NC(=O)CN(CC(N)=O)c2ccc3ccccc3c2)c(O)c1Br.O=C(CN(CC(=O)N(CCO)CCO)c1ccc2ccccc2c1)N/N=C/c1cc(Br)c(O)c(Br)c1O. The van der Waals surface area contributed by atoms with Gasteiger partial charge in [0.15, 0.2) is 0 Å². The molecule has 0 aromatic heterocycles. The van der Waals surface area contributed by atoms with Crippen LogP contribution >= 0.6 is 127 Å². The number of primary amides is 1.